The summed E-state index contributed by atoms with van der Waals surface area (Å²) in [5.41, 5.74) is 1.19. The monoisotopic (exact) mass is 250 g/mol. The van der Waals surface area contributed by atoms with Gasteiger partial charge in [0.2, 0.25) is 0 Å². The molecule has 0 bridgehead atoms. The van der Waals surface area contributed by atoms with Crippen molar-refractivity contribution in [2.24, 2.45) is 0 Å². The summed E-state index contributed by atoms with van der Waals surface area (Å²) in [4.78, 5) is 2.40. The Balaban J connectivity index is 1.90. The Morgan fingerprint density at radius 1 is 1.28 bits per heavy atom. The van der Waals surface area contributed by atoms with Crippen LogP contribution in [0.15, 0.2) is 24.3 Å². The van der Waals surface area contributed by atoms with Crippen molar-refractivity contribution in [2.45, 2.75) is 44.3 Å². The second-order valence-electron chi connectivity index (χ2n) is 5.35. The minimum absolute atomic E-state index is 0.158. The van der Waals surface area contributed by atoms with Crippen molar-refractivity contribution in [1.29, 1.82) is 0 Å². The number of nitrogens with zero attached hydrogens (tertiary/aromatic N) is 1. The van der Waals surface area contributed by atoms with Crippen molar-refractivity contribution in [3.05, 3.63) is 35.6 Å². The lowest BCUT2D eigenvalue weighted by Crippen LogP contribution is -2.41. The SMILES string of the molecule is CNC1CCCC(N(C)Cc2ccc(F)cc2)C1. The molecule has 0 spiro atoms. The summed E-state index contributed by atoms with van der Waals surface area (Å²) in [7, 11) is 4.22. The summed E-state index contributed by atoms with van der Waals surface area (Å²) in [5, 5.41) is 3.38. The van der Waals surface area contributed by atoms with Gasteiger partial charge in [-0.25, -0.2) is 4.39 Å². The molecule has 100 valence electrons. The van der Waals surface area contributed by atoms with Crippen LogP contribution in [-0.2, 0) is 6.54 Å². The molecule has 1 aliphatic carbocycles. The summed E-state index contributed by atoms with van der Waals surface area (Å²) < 4.78 is 12.9. The molecule has 1 fully saturated rings. The Labute approximate surface area is 109 Å². The van der Waals surface area contributed by atoms with E-state index in [1.54, 1.807) is 12.1 Å². The molecule has 1 saturated carbocycles. The molecule has 0 aliphatic heterocycles. The number of hydrogen-bond donors (Lipinski definition) is 1. The van der Waals surface area contributed by atoms with Crippen molar-refractivity contribution in [2.75, 3.05) is 14.1 Å². The summed E-state index contributed by atoms with van der Waals surface area (Å²) in [6.45, 7) is 0.904. The Morgan fingerprint density at radius 3 is 2.67 bits per heavy atom. The molecule has 0 aromatic heterocycles. The van der Waals surface area contributed by atoms with Gasteiger partial charge in [0, 0.05) is 18.6 Å². The highest BCUT2D eigenvalue weighted by atomic mass is 19.1. The third-order valence-corrected chi connectivity index (χ3v) is 4.02. The normalized spacial score (nSPS) is 24.4. The van der Waals surface area contributed by atoms with E-state index in [1.807, 2.05) is 19.2 Å². The largest absolute Gasteiger partial charge is 0.317 e. The lowest BCUT2D eigenvalue weighted by atomic mass is 9.90. The van der Waals surface area contributed by atoms with E-state index in [4.69, 9.17) is 0 Å². The number of nitrogens with one attached hydrogen (secondary N) is 1. The van der Waals surface area contributed by atoms with Crippen LogP contribution in [0.25, 0.3) is 0 Å². The van der Waals surface area contributed by atoms with E-state index in [1.165, 1.54) is 31.2 Å². The first kappa shape index (κ1) is 13.5. The maximum Gasteiger partial charge on any atom is 0.123 e. The zero-order chi connectivity index (χ0) is 13.0. The molecule has 2 nitrogen and oxygen atoms in total. The van der Waals surface area contributed by atoms with E-state index < -0.39 is 0 Å². The first-order valence-corrected chi connectivity index (χ1v) is 6.81. The number of benzene rings is 1. The van der Waals surface area contributed by atoms with Crippen LogP contribution in [0.1, 0.15) is 31.2 Å². The van der Waals surface area contributed by atoms with E-state index in [2.05, 4.69) is 17.3 Å². The van der Waals surface area contributed by atoms with Crippen LogP contribution in [0, 0.1) is 5.82 Å². The number of halogens is 1. The van der Waals surface area contributed by atoms with Gasteiger partial charge in [0.25, 0.3) is 0 Å². The first-order chi connectivity index (χ1) is 8.69. The number of hydrogen-bond acceptors (Lipinski definition) is 2. The molecule has 0 heterocycles. The van der Waals surface area contributed by atoms with E-state index >= 15 is 0 Å². The standard InChI is InChI=1S/C15H23FN2/c1-17-14-4-3-5-15(10-14)18(2)11-12-6-8-13(16)9-7-12/h6-9,14-15,17H,3-5,10-11H2,1-2H3. The van der Waals surface area contributed by atoms with Crippen LogP contribution in [0.5, 0.6) is 0 Å². The van der Waals surface area contributed by atoms with Gasteiger partial charge in [-0.05, 0) is 51.1 Å². The molecule has 2 atom stereocenters. The average molecular weight is 250 g/mol. The van der Waals surface area contributed by atoms with Gasteiger partial charge >= 0.3 is 0 Å². The van der Waals surface area contributed by atoms with Gasteiger partial charge in [-0.2, -0.15) is 0 Å². The van der Waals surface area contributed by atoms with Crippen molar-refractivity contribution >= 4 is 0 Å². The summed E-state index contributed by atoms with van der Waals surface area (Å²) in [5.74, 6) is -0.158. The van der Waals surface area contributed by atoms with Crippen molar-refractivity contribution in [1.82, 2.24) is 10.2 Å². The van der Waals surface area contributed by atoms with Crippen LogP contribution in [0.3, 0.4) is 0 Å². The second kappa shape index (κ2) is 6.30. The lowest BCUT2D eigenvalue weighted by molar-refractivity contribution is 0.165. The van der Waals surface area contributed by atoms with Gasteiger partial charge in [-0.3, -0.25) is 4.90 Å². The zero-order valence-corrected chi connectivity index (χ0v) is 11.3. The summed E-state index contributed by atoms with van der Waals surface area (Å²) in [6.07, 6.45) is 5.07. The lowest BCUT2D eigenvalue weighted by Gasteiger charge is -2.35. The van der Waals surface area contributed by atoms with E-state index in [9.17, 15) is 4.39 Å². The fourth-order valence-electron chi connectivity index (χ4n) is 2.83. The maximum atomic E-state index is 12.9. The van der Waals surface area contributed by atoms with Crippen molar-refractivity contribution in [3.8, 4) is 0 Å². The molecule has 3 heteroatoms. The molecular formula is C15H23FN2. The second-order valence-corrected chi connectivity index (χ2v) is 5.35. The Bertz CT molecular complexity index is 363. The van der Waals surface area contributed by atoms with E-state index in [-0.39, 0.29) is 5.82 Å². The zero-order valence-electron chi connectivity index (χ0n) is 11.3. The Morgan fingerprint density at radius 2 is 2.00 bits per heavy atom. The van der Waals surface area contributed by atoms with Crippen molar-refractivity contribution in [3.63, 3.8) is 0 Å². The molecule has 2 rings (SSSR count). The van der Waals surface area contributed by atoms with Crippen molar-refractivity contribution < 1.29 is 4.39 Å². The Kier molecular flexibility index (Phi) is 4.72. The molecule has 1 aromatic rings. The first-order valence-electron chi connectivity index (χ1n) is 6.81. The van der Waals surface area contributed by atoms with Gasteiger partial charge < -0.3 is 5.32 Å². The highest BCUT2D eigenvalue weighted by Gasteiger charge is 2.23. The van der Waals surface area contributed by atoms with Crippen LogP contribution in [0.4, 0.5) is 4.39 Å². The topological polar surface area (TPSA) is 15.3 Å². The fourth-order valence-corrected chi connectivity index (χ4v) is 2.83. The molecule has 0 saturated heterocycles. The molecule has 2 unspecified atom stereocenters. The third kappa shape index (κ3) is 3.53. The smallest absolute Gasteiger partial charge is 0.123 e. The molecule has 0 radical (unpaired) electrons. The number of rotatable bonds is 4. The van der Waals surface area contributed by atoms with Crippen LogP contribution < -0.4 is 5.32 Å². The van der Waals surface area contributed by atoms with Gasteiger partial charge in [0.1, 0.15) is 5.82 Å². The van der Waals surface area contributed by atoms with Gasteiger partial charge in [-0.1, -0.05) is 18.6 Å². The minimum atomic E-state index is -0.158. The summed E-state index contributed by atoms with van der Waals surface area (Å²) >= 11 is 0. The fraction of sp³-hybridized carbons (Fsp3) is 0.600. The molecule has 1 aromatic carbocycles. The highest BCUT2D eigenvalue weighted by molar-refractivity contribution is 5.15. The van der Waals surface area contributed by atoms with Gasteiger partial charge in [0.15, 0.2) is 0 Å². The van der Waals surface area contributed by atoms with Gasteiger partial charge in [-0.15, -0.1) is 0 Å². The molecule has 1 aliphatic rings. The van der Waals surface area contributed by atoms with Crippen LogP contribution >= 0.6 is 0 Å². The summed E-state index contributed by atoms with van der Waals surface area (Å²) in [6, 6.07) is 8.13. The maximum absolute atomic E-state index is 12.9. The molecule has 1 N–H and O–H groups in total. The van der Waals surface area contributed by atoms with Gasteiger partial charge in [0.05, 0.1) is 0 Å². The predicted octanol–water partition coefficient (Wildman–Crippen LogP) is 2.79. The molecule has 0 amide bonds. The van der Waals surface area contributed by atoms with E-state index in [0.29, 0.717) is 12.1 Å². The quantitative estimate of drug-likeness (QED) is 0.884. The average Bonchev–Trinajstić information content (AvgIpc) is 2.41. The Hall–Kier alpha value is -0.930. The van der Waals surface area contributed by atoms with Crippen LogP contribution in [0.2, 0.25) is 0 Å². The minimum Gasteiger partial charge on any atom is -0.317 e. The van der Waals surface area contributed by atoms with Crippen LogP contribution in [-0.4, -0.2) is 31.1 Å². The highest BCUT2D eigenvalue weighted by Crippen LogP contribution is 2.23. The third-order valence-electron chi connectivity index (χ3n) is 4.02. The van der Waals surface area contributed by atoms with E-state index in [0.717, 1.165) is 6.54 Å². The predicted molar refractivity (Wildman–Crippen MR) is 73.0 cm³/mol. The molecule has 18 heavy (non-hydrogen) atoms. The molecular weight excluding hydrogens is 227 g/mol.